The van der Waals surface area contributed by atoms with Crippen LogP contribution < -0.4 is 14.8 Å². The minimum Gasteiger partial charge on any atom is -0.493 e. The number of hydrogen-bond donors (Lipinski definition) is 1. The Labute approximate surface area is 145 Å². The summed E-state index contributed by atoms with van der Waals surface area (Å²) in [4.78, 5) is 12.0. The van der Waals surface area contributed by atoms with Crippen molar-refractivity contribution < 1.29 is 19.0 Å². The molecule has 25 heavy (non-hydrogen) atoms. The van der Waals surface area contributed by atoms with Gasteiger partial charge in [-0.15, -0.1) is 0 Å². The molecular formula is C19H18N2O4. The third-order valence-corrected chi connectivity index (χ3v) is 3.86. The van der Waals surface area contributed by atoms with Crippen molar-refractivity contribution in [2.45, 2.75) is 18.9 Å². The molecule has 0 aliphatic carbocycles. The van der Waals surface area contributed by atoms with Gasteiger partial charge in [-0.3, -0.25) is 4.79 Å². The maximum absolute atomic E-state index is 12.0. The van der Waals surface area contributed by atoms with E-state index in [1.54, 1.807) is 42.5 Å². The summed E-state index contributed by atoms with van der Waals surface area (Å²) in [5.41, 5.74) is 1.18. The van der Waals surface area contributed by atoms with Crippen molar-refractivity contribution in [1.82, 2.24) is 0 Å². The molecular weight excluding hydrogens is 320 g/mol. The van der Waals surface area contributed by atoms with Crippen LogP contribution in [0.1, 0.15) is 18.4 Å². The van der Waals surface area contributed by atoms with Crippen molar-refractivity contribution in [2.24, 2.45) is 0 Å². The summed E-state index contributed by atoms with van der Waals surface area (Å²) in [6, 6.07) is 14.0. The summed E-state index contributed by atoms with van der Waals surface area (Å²) in [5, 5.41) is 11.8. The summed E-state index contributed by atoms with van der Waals surface area (Å²) in [7, 11) is 1.52. The van der Waals surface area contributed by atoms with E-state index < -0.39 is 0 Å². The molecule has 1 fully saturated rings. The molecule has 0 unspecified atom stereocenters. The van der Waals surface area contributed by atoms with Gasteiger partial charge in [-0.1, -0.05) is 0 Å². The van der Waals surface area contributed by atoms with Crippen molar-refractivity contribution in [3.8, 4) is 23.3 Å². The van der Waals surface area contributed by atoms with Crippen molar-refractivity contribution in [1.29, 1.82) is 5.26 Å². The first-order valence-corrected chi connectivity index (χ1v) is 7.98. The van der Waals surface area contributed by atoms with Gasteiger partial charge in [0.1, 0.15) is 11.9 Å². The minimum atomic E-state index is -0.362. The molecule has 0 saturated carbocycles. The minimum absolute atomic E-state index is 0.125. The molecule has 2 aromatic rings. The predicted molar refractivity (Wildman–Crippen MR) is 91.8 cm³/mol. The number of rotatable bonds is 5. The lowest BCUT2D eigenvalue weighted by Gasteiger charge is -2.12. The van der Waals surface area contributed by atoms with Crippen LogP contribution in [0.15, 0.2) is 42.5 Å². The number of anilines is 1. The smallest absolute Gasteiger partial charge is 0.253 e. The van der Waals surface area contributed by atoms with Crippen molar-refractivity contribution in [3.05, 3.63) is 48.0 Å². The van der Waals surface area contributed by atoms with Crippen LogP contribution in [0, 0.1) is 11.3 Å². The lowest BCUT2D eigenvalue weighted by molar-refractivity contribution is -0.124. The Bertz CT molecular complexity index is 790. The van der Waals surface area contributed by atoms with Gasteiger partial charge in [0, 0.05) is 18.4 Å². The Morgan fingerprint density at radius 3 is 2.68 bits per heavy atom. The lowest BCUT2D eigenvalue weighted by Crippen LogP contribution is -2.26. The van der Waals surface area contributed by atoms with E-state index in [-0.39, 0.29) is 12.0 Å². The number of carbonyl (C=O) groups excluding carboxylic acids is 1. The standard InChI is InChI=1S/C19H18N2O4/c1-23-18-11-13(12-20)4-9-16(18)25-15-7-5-14(6-8-15)21-19(22)17-3-2-10-24-17/h4-9,11,17H,2-3,10H2,1H3,(H,21,22)/t17-/m1/s1. The average molecular weight is 338 g/mol. The molecule has 128 valence electrons. The van der Waals surface area contributed by atoms with E-state index >= 15 is 0 Å². The van der Waals surface area contributed by atoms with E-state index in [4.69, 9.17) is 19.5 Å². The number of hydrogen-bond acceptors (Lipinski definition) is 5. The van der Waals surface area contributed by atoms with Crippen LogP contribution in [0.25, 0.3) is 0 Å². The number of nitriles is 1. The SMILES string of the molecule is COc1cc(C#N)ccc1Oc1ccc(NC(=O)[C@H]2CCCO2)cc1. The van der Waals surface area contributed by atoms with Gasteiger partial charge >= 0.3 is 0 Å². The fraction of sp³-hybridized carbons (Fsp3) is 0.263. The molecule has 3 rings (SSSR count). The highest BCUT2D eigenvalue weighted by Gasteiger charge is 2.23. The molecule has 0 spiro atoms. The molecule has 2 aromatic carbocycles. The van der Waals surface area contributed by atoms with Crippen LogP contribution in [0.4, 0.5) is 5.69 Å². The topological polar surface area (TPSA) is 80.6 Å². The van der Waals surface area contributed by atoms with Crippen molar-refractivity contribution in [3.63, 3.8) is 0 Å². The highest BCUT2D eigenvalue weighted by Crippen LogP contribution is 2.32. The molecule has 0 bridgehead atoms. The molecule has 1 amide bonds. The number of ether oxygens (including phenoxy) is 3. The summed E-state index contributed by atoms with van der Waals surface area (Å²) >= 11 is 0. The van der Waals surface area contributed by atoms with E-state index in [1.165, 1.54) is 7.11 Å². The molecule has 1 aliphatic heterocycles. The van der Waals surface area contributed by atoms with Gasteiger partial charge in [0.2, 0.25) is 0 Å². The Balaban J connectivity index is 1.66. The molecule has 1 heterocycles. The van der Waals surface area contributed by atoms with Gasteiger partial charge in [0.15, 0.2) is 11.5 Å². The summed E-state index contributed by atoms with van der Waals surface area (Å²) in [6.45, 7) is 0.636. The first-order valence-electron chi connectivity index (χ1n) is 7.98. The number of benzene rings is 2. The zero-order valence-corrected chi connectivity index (χ0v) is 13.8. The van der Waals surface area contributed by atoms with Crippen LogP contribution >= 0.6 is 0 Å². The van der Waals surface area contributed by atoms with E-state index in [9.17, 15) is 4.79 Å². The fourth-order valence-corrected chi connectivity index (χ4v) is 2.56. The van der Waals surface area contributed by atoms with Crippen LogP contribution in [0.3, 0.4) is 0 Å². The monoisotopic (exact) mass is 338 g/mol. The van der Waals surface area contributed by atoms with Gasteiger partial charge in [0.25, 0.3) is 5.91 Å². The first-order chi connectivity index (χ1) is 12.2. The lowest BCUT2D eigenvalue weighted by atomic mass is 10.2. The molecule has 1 saturated heterocycles. The van der Waals surface area contributed by atoms with Crippen LogP contribution in [-0.2, 0) is 9.53 Å². The van der Waals surface area contributed by atoms with Gasteiger partial charge < -0.3 is 19.5 Å². The van der Waals surface area contributed by atoms with Crippen LogP contribution in [0.5, 0.6) is 17.2 Å². The summed E-state index contributed by atoms with van der Waals surface area (Å²) in [5.74, 6) is 1.46. The van der Waals surface area contributed by atoms with E-state index in [0.717, 1.165) is 12.8 Å². The maximum atomic E-state index is 12.0. The zero-order valence-electron chi connectivity index (χ0n) is 13.8. The normalized spacial score (nSPS) is 16.1. The van der Waals surface area contributed by atoms with Crippen LogP contribution in [-0.4, -0.2) is 25.7 Å². The second-order valence-electron chi connectivity index (χ2n) is 5.59. The van der Waals surface area contributed by atoms with Gasteiger partial charge in [-0.25, -0.2) is 0 Å². The van der Waals surface area contributed by atoms with Crippen molar-refractivity contribution >= 4 is 11.6 Å². The molecule has 6 nitrogen and oxygen atoms in total. The second-order valence-corrected chi connectivity index (χ2v) is 5.59. The Morgan fingerprint density at radius 1 is 1.24 bits per heavy atom. The average Bonchev–Trinajstić information content (AvgIpc) is 3.18. The van der Waals surface area contributed by atoms with E-state index in [2.05, 4.69) is 11.4 Å². The fourth-order valence-electron chi connectivity index (χ4n) is 2.56. The molecule has 1 atom stereocenters. The first kappa shape index (κ1) is 16.8. The number of amides is 1. The van der Waals surface area contributed by atoms with E-state index in [1.807, 2.05) is 0 Å². The molecule has 1 aliphatic rings. The van der Waals surface area contributed by atoms with Gasteiger partial charge in [0.05, 0.1) is 18.7 Å². The maximum Gasteiger partial charge on any atom is 0.253 e. The summed E-state index contributed by atoms with van der Waals surface area (Å²) < 4.78 is 16.4. The molecule has 6 heteroatoms. The Kier molecular flexibility index (Phi) is 5.17. The van der Waals surface area contributed by atoms with Crippen molar-refractivity contribution in [2.75, 3.05) is 19.0 Å². The zero-order chi connectivity index (χ0) is 17.6. The number of carbonyl (C=O) groups is 1. The van der Waals surface area contributed by atoms with Gasteiger partial charge in [-0.05, 0) is 49.2 Å². The number of nitrogens with zero attached hydrogens (tertiary/aromatic N) is 1. The molecule has 0 radical (unpaired) electrons. The quantitative estimate of drug-likeness (QED) is 0.903. The Morgan fingerprint density at radius 2 is 2.04 bits per heavy atom. The predicted octanol–water partition coefficient (Wildman–Crippen LogP) is 3.48. The van der Waals surface area contributed by atoms with Gasteiger partial charge in [-0.2, -0.15) is 5.26 Å². The third-order valence-electron chi connectivity index (χ3n) is 3.86. The number of nitrogens with one attached hydrogen (secondary N) is 1. The molecule has 0 aromatic heterocycles. The summed E-state index contributed by atoms with van der Waals surface area (Å²) in [6.07, 6.45) is 1.31. The van der Waals surface area contributed by atoms with Crippen LogP contribution in [0.2, 0.25) is 0 Å². The third kappa shape index (κ3) is 4.08. The second kappa shape index (κ2) is 7.69. The largest absolute Gasteiger partial charge is 0.493 e. The number of methoxy groups -OCH3 is 1. The highest BCUT2D eigenvalue weighted by molar-refractivity contribution is 5.94. The Hall–Kier alpha value is -3.04. The molecule has 1 N–H and O–H groups in total. The highest BCUT2D eigenvalue weighted by atomic mass is 16.5. The van der Waals surface area contributed by atoms with E-state index in [0.29, 0.717) is 35.1 Å².